The van der Waals surface area contributed by atoms with E-state index in [2.05, 4.69) is 21.2 Å². The largest absolute Gasteiger partial charge is 0.336 e. The first-order valence-electron chi connectivity index (χ1n) is 8.94. The molecule has 0 aliphatic heterocycles. The van der Waals surface area contributed by atoms with Gasteiger partial charge >= 0.3 is 0 Å². The van der Waals surface area contributed by atoms with Gasteiger partial charge in [-0.05, 0) is 67.9 Å². The van der Waals surface area contributed by atoms with Crippen LogP contribution in [0.5, 0.6) is 0 Å². The maximum atomic E-state index is 6.44. The molecule has 0 spiro atoms. The van der Waals surface area contributed by atoms with E-state index in [9.17, 15) is 0 Å². The Morgan fingerprint density at radius 2 is 1.83 bits per heavy atom. The number of nitrogens with zero attached hydrogens (tertiary/aromatic N) is 4. The number of rotatable bonds is 4. The van der Waals surface area contributed by atoms with Crippen LogP contribution < -0.4 is 5.84 Å². The second kappa shape index (κ2) is 5.48. The zero-order chi connectivity index (χ0) is 16.1. The van der Waals surface area contributed by atoms with Crippen molar-refractivity contribution in [1.82, 2.24) is 19.9 Å². The third kappa shape index (κ3) is 2.34. The number of pyridine rings is 1. The lowest BCUT2D eigenvalue weighted by Gasteiger charge is -2.55. The second-order valence-electron chi connectivity index (χ2n) is 8.02. The fourth-order valence-electron chi connectivity index (χ4n) is 5.75. The van der Waals surface area contributed by atoms with Crippen LogP contribution >= 0.6 is 11.8 Å². The van der Waals surface area contributed by atoms with Crippen molar-refractivity contribution in [1.29, 1.82) is 0 Å². The predicted molar refractivity (Wildman–Crippen MR) is 93.8 cm³/mol. The van der Waals surface area contributed by atoms with Crippen LogP contribution in [0.4, 0.5) is 0 Å². The predicted octanol–water partition coefficient (Wildman–Crippen LogP) is 3.15. The molecule has 126 valence electrons. The lowest BCUT2D eigenvalue weighted by Crippen LogP contribution is -2.50. The average Bonchev–Trinajstić information content (AvgIpc) is 2.94. The van der Waals surface area contributed by atoms with E-state index in [1.54, 1.807) is 22.6 Å². The van der Waals surface area contributed by atoms with Crippen LogP contribution in [0, 0.1) is 17.8 Å². The normalized spacial score (nSPS) is 33.9. The highest BCUT2D eigenvalue weighted by atomic mass is 32.2. The monoisotopic (exact) mass is 341 g/mol. The van der Waals surface area contributed by atoms with E-state index >= 15 is 0 Å². The minimum Gasteiger partial charge on any atom is -0.336 e. The van der Waals surface area contributed by atoms with E-state index in [4.69, 9.17) is 5.84 Å². The number of hydrogen-bond donors (Lipinski definition) is 1. The van der Waals surface area contributed by atoms with Crippen molar-refractivity contribution in [3.63, 3.8) is 0 Å². The van der Waals surface area contributed by atoms with Crippen molar-refractivity contribution in [3.8, 4) is 0 Å². The van der Waals surface area contributed by atoms with Crippen molar-refractivity contribution >= 4 is 11.8 Å². The summed E-state index contributed by atoms with van der Waals surface area (Å²) in [5.74, 6) is 11.0. The summed E-state index contributed by atoms with van der Waals surface area (Å²) in [5, 5.41) is 9.81. The molecule has 2 N–H and O–H groups in total. The molecule has 2 heterocycles. The molecule has 4 saturated carbocycles. The molecule has 0 unspecified atom stereocenters. The van der Waals surface area contributed by atoms with Gasteiger partial charge in [-0.25, -0.2) is 4.68 Å². The fraction of sp³-hybridized carbons (Fsp3) is 0.611. The van der Waals surface area contributed by atoms with Crippen LogP contribution in [0.15, 0.2) is 29.7 Å². The molecule has 6 heteroatoms. The topological polar surface area (TPSA) is 69.6 Å². The number of aromatic nitrogens is 4. The maximum absolute atomic E-state index is 6.44. The molecule has 2 aromatic rings. The molecule has 24 heavy (non-hydrogen) atoms. The molecule has 4 aliphatic rings. The molecule has 6 rings (SSSR count). The van der Waals surface area contributed by atoms with Crippen LogP contribution in [0.2, 0.25) is 0 Å². The first-order valence-corrected chi connectivity index (χ1v) is 9.93. The summed E-state index contributed by atoms with van der Waals surface area (Å²) >= 11 is 1.65. The maximum Gasteiger partial charge on any atom is 0.210 e. The molecule has 0 atom stereocenters. The third-order valence-electron chi connectivity index (χ3n) is 6.27. The van der Waals surface area contributed by atoms with Crippen molar-refractivity contribution in [2.45, 2.75) is 54.8 Å². The molecular weight excluding hydrogens is 318 g/mol. The van der Waals surface area contributed by atoms with Gasteiger partial charge in [0, 0.05) is 23.6 Å². The van der Waals surface area contributed by atoms with E-state index in [1.165, 1.54) is 44.1 Å². The van der Waals surface area contributed by atoms with Gasteiger partial charge < -0.3 is 5.84 Å². The van der Waals surface area contributed by atoms with Crippen molar-refractivity contribution in [3.05, 3.63) is 35.9 Å². The van der Waals surface area contributed by atoms with Gasteiger partial charge in [-0.3, -0.25) is 4.98 Å². The molecule has 0 saturated heterocycles. The number of thioether (sulfide) groups is 1. The molecule has 4 fully saturated rings. The summed E-state index contributed by atoms with van der Waals surface area (Å²) in [6, 6.07) is 4.04. The van der Waals surface area contributed by atoms with E-state index in [0.717, 1.165) is 34.5 Å². The van der Waals surface area contributed by atoms with Gasteiger partial charge in [0.15, 0.2) is 5.82 Å². The Balaban J connectivity index is 1.39. The standard InChI is InChI=1S/C18H23N5S/c19-23-16(18-7-13-4-14(8-18)6-15(5-13)9-18)21-22-17(23)24-11-12-2-1-3-20-10-12/h1-3,10,13-15H,4-9,11,19H2. The van der Waals surface area contributed by atoms with Crippen LogP contribution in [0.3, 0.4) is 0 Å². The summed E-state index contributed by atoms with van der Waals surface area (Å²) in [4.78, 5) is 4.16. The van der Waals surface area contributed by atoms with Gasteiger partial charge in [-0.2, -0.15) is 0 Å². The third-order valence-corrected chi connectivity index (χ3v) is 7.28. The van der Waals surface area contributed by atoms with Gasteiger partial charge in [-0.15, -0.1) is 10.2 Å². The van der Waals surface area contributed by atoms with Gasteiger partial charge in [0.25, 0.3) is 0 Å². The van der Waals surface area contributed by atoms with Gasteiger partial charge in [0.1, 0.15) is 0 Å². The molecule has 2 aromatic heterocycles. The quantitative estimate of drug-likeness (QED) is 0.683. The second-order valence-corrected chi connectivity index (χ2v) is 8.97. The Morgan fingerprint density at radius 3 is 2.46 bits per heavy atom. The summed E-state index contributed by atoms with van der Waals surface area (Å²) in [5.41, 5.74) is 1.38. The summed E-state index contributed by atoms with van der Waals surface area (Å²) in [7, 11) is 0. The molecule has 0 aromatic carbocycles. The van der Waals surface area contributed by atoms with Crippen LogP contribution in [0.1, 0.15) is 49.9 Å². The molecule has 4 bridgehead atoms. The van der Waals surface area contributed by atoms with Gasteiger partial charge in [0.2, 0.25) is 5.16 Å². The summed E-state index contributed by atoms with van der Waals surface area (Å²) in [6.07, 6.45) is 11.8. The van der Waals surface area contributed by atoms with Gasteiger partial charge in [0.05, 0.1) is 0 Å². The first kappa shape index (κ1) is 14.8. The molecule has 5 nitrogen and oxygen atoms in total. The lowest BCUT2D eigenvalue weighted by molar-refractivity contribution is -0.0106. The number of nitrogens with two attached hydrogens (primary N) is 1. The highest BCUT2D eigenvalue weighted by molar-refractivity contribution is 7.98. The average molecular weight is 341 g/mol. The van der Waals surface area contributed by atoms with Crippen LogP contribution in [-0.4, -0.2) is 19.9 Å². The smallest absolute Gasteiger partial charge is 0.210 e. The summed E-state index contributed by atoms with van der Waals surface area (Å²) in [6.45, 7) is 0. The Labute approximate surface area is 146 Å². The van der Waals surface area contributed by atoms with E-state index in [0.29, 0.717) is 0 Å². The number of nitrogen functional groups attached to an aromatic ring is 1. The minimum absolute atomic E-state index is 0.198. The Morgan fingerprint density at radius 1 is 1.12 bits per heavy atom. The summed E-state index contributed by atoms with van der Waals surface area (Å²) < 4.78 is 1.79. The molecule has 0 radical (unpaired) electrons. The van der Waals surface area contributed by atoms with Crippen molar-refractivity contribution in [2.24, 2.45) is 17.8 Å². The SMILES string of the molecule is Nn1c(SCc2cccnc2)nnc1C12CC3CC(CC(C3)C1)C2. The number of hydrogen-bond acceptors (Lipinski definition) is 5. The zero-order valence-corrected chi connectivity index (χ0v) is 14.6. The molecular formula is C18H23N5S. The highest BCUT2D eigenvalue weighted by Gasteiger charge is 2.54. The van der Waals surface area contributed by atoms with E-state index in [1.807, 2.05) is 12.3 Å². The first-order chi connectivity index (χ1) is 11.7. The Hall–Kier alpha value is -1.56. The Bertz CT molecular complexity index is 706. The Kier molecular flexibility index (Phi) is 3.37. The molecule has 4 aliphatic carbocycles. The zero-order valence-electron chi connectivity index (χ0n) is 13.8. The van der Waals surface area contributed by atoms with Crippen LogP contribution in [-0.2, 0) is 11.2 Å². The van der Waals surface area contributed by atoms with Crippen LogP contribution in [0.25, 0.3) is 0 Å². The van der Waals surface area contributed by atoms with Gasteiger partial charge in [-0.1, -0.05) is 17.8 Å². The minimum atomic E-state index is 0.198. The fourth-order valence-corrected chi connectivity index (χ4v) is 6.54. The van der Waals surface area contributed by atoms with E-state index < -0.39 is 0 Å². The lowest BCUT2D eigenvalue weighted by atomic mass is 9.49. The highest BCUT2D eigenvalue weighted by Crippen LogP contribution is 2.60. The van der Waals surface area contributed by atoms with E-state index in [-0.39, 0.29) is 5.41 Å². The van der Waals surface area contributed by atoms with Crippen molar-refractivity contribution < 1.29 is 0 Å². The van der Waals surface area contributed by atoms with Crippen molar-refractivity contribution in [2.75, 3.05) is 5.84 Å². The molecule has 0 amide bonds.